The largest absolute Gasteiger partial charge is 0.463 e. The number of hydrazone groups is 1. The molecule has 35 heavy (non-hydrogen) atoms. The molecule has 0 bridgehead atoms. The van der Waals surface area contributed by atoms with Crippen LogP contribution in [0.15, 0.2) is 47.7 Å². The Bertz CT molecular complexity index is 1320. The molecule has 4 aromatic rings. The Morgan fingerprint density at radius 1 is 1.14 bits per heavy atom. The van der Waals surface area contributed by atoms with Crippen molar-refractivity contribution in [3.8, 4) is 6.01 Å². The Labute approximate surface area is 203 Å². The van der Waals surface area contributed by atoms with Gasteiger partial charge >= 0.3 is 6.01 Å². The minimum absolute atomic E-state index is 0.263. The molecule has 1 aliphatic rings. The van der Waals surface area contributed by atoms with Crippen LogP contribution in [0.25, 0.3) is 10.9 Å². The van der Waals surface area contributed by atoms with Crippen molar-refractivity contribution < 1.29 is 9.47 Å². The zero-order chi connectivity index (χ0) is 24.0. The van der Waals surface area contributed by atoms with E-state index in [0.717, 1.165) is 22.6 Å². The normalized spacial score (nSPS) is 14.1. The molecule has 0 atom stereocenters. The summed E-state index contributed by atoms with van der Waals surface area (Å²) < 4.78 is 11.3. The van der Waals surface area contributed by atoms with Gasteiger partial charge in [-0.1, -0.05) is 6.07 Å². The molecule has 0 amide bonds. The maximum absolute atomic E-state index is 5.86. The first kappa shape index (κ1) is 22.7. The summed E-state index contributed by atoms with van der Waals surface area (Å²) in [6.45, 7) is 7.27. The standard InChI is InChI=1S/C25H28N8O2/c1-17-18(2)28-22-7-6-20(15-21(17)22)32-27-16-23-29-24(33-10-13-34-14-11-33)31-25(30-23)35-12-8-19-5-3-4-9-26-19/h3-7,9,15-16,28,32H,8,10-14H2,1-2H3. The van der Waals surface area contributed by atoms with Gasteiger partial charge in [-0.15, -0.1) is 0 Å². The van der Waals surface area contributed by atoms with Crippen LogP contribution in [0.1, 0.15) is 22.8 Å². The third-order valence-electron chi connectivity index (χ3n) is 5.91. The minimum atomic E-state index is 0.263. The van der Waals surface area contributed by atoms with Crippen molar-refractivity contribution in [2.24, 2.45) is 5.10 Å². The van der Waals surface area contributed by atoms with Gasteiger partial charge in [-0.25, -0.2) is 0 Å². The van der Waals surface area contributed by atoms with E-state index >= 15 is 0 Å². The van der Waals surface area contributed by atoms with Crippen molar-refractivity contribution in [2.45, 2.75) is 20.3 Å². The van der Waals surface area contributed by atoms with Crippen LogP contribution in [0.2, 0.25) is 0 Å². The van der Waals surface area contributed by atoms with Crippen molar-refractivity contribution in [1.82, 2.24) is 24.9 Å². The predicted octanol–water partition coefficient (Wildman–Crippen LogP) is 3.27. The lowest BCUT2D eigenvalue weighted by atomic mass is 10.1. The molecular weight excluding hydrogens is 444 g/mol. The van der Waals surface area contributed by atoms with E-state index in [1.54, 1.807) is 12.4 Å². The summed E-state index contributed by atoms with van der Waals surface area (Å²) in [5.41, 5.74) is 8.41. The van der Waals surface area contributed by atoms with E-state index in [2.05, 4.69) is 60.3 Å². The van der Waals surface area contributed by atoms with Gasteiger partial charge in [0.1, 0.15) is 0 Å². The van der Waals surface area contributed by atoms with Gasteiger partial charge in [-0.3, -0.25) is 10.4 Å². The predicted molar refractivity (Wildman–Crippen MR) is 135 cm³/mol. The molecule has 0 radical (unpaired) electrons. The average molecular weight is 473 g/mol. The summed E-state index contributed by atoms with van der Waals surface area (Å²) in [6, 6.07) is 12.2. The molecule has 3 aromatic heterocycles. The number of H-pyrrole nitrogens is 1. The Morgan fingerprint density at radius 3 is 2.86 bits per heavy atom. The maximum Gasteiger partial charge on any atom is 0.321 e. The number of aromatic nitrogens is 5. The van der Waals surface area contributed by atoms with Crippen LogP contribution < -0.4 is 15.1 Å². The molecule has 0 spiro atoms. The monoisotopic (exact) mass is 472 g/mol. The van der Waals surface area contributed by atoms with Gasteiger partial charge in [0.25, 0.3) is 0 Å². The summed E-state index contributed by atoms with van der Waals surface area (Å²) >= 11 is 0. The molecule has 180 valence electrons. The number of ether oxygens (including phenoxy) is 2. The summed E-state index contributed by atoms with van der Waals surface area (Å²) in [5.74, 6) is 0.967. The number of benzene rings is 1. The molecule has 0 saturated carbocycles. The van der Waals surface area contributed by atoms with Gasteiger partial charge in [0.15, 0.2) is 5.82 Å². The van der Waals surface area contributed by atoms with Crippen molar-refractivity contribution in [2.75, 3.05) is 43.2 Å². The highest BCUT2D eigenvalue weighted by molar-refractivity contribution is 5.87. The zero-order valence-corrected chi connectivity index (χ0v) is 19.9. The quantitative estimate of drug-likeness (QED) is 0.297. The molecule has 4 heterocycles. The van der Waals surface area contributed by atoms with Crippen LogP contribution in [0.3, 0.4) is 0 Å². The number of morpholine rings is 1. The number of pyridine rings is 1. The number of rotatable bonds is 8. The van der Waals surface area contributed by atoms with Gasteiger partial charge in [0, 0.05) is 48.0 Å². The van der Waals surface area contributed by atoms with Crippen LogP contribution in [0, 0.1) is 13.8 Å². The second-order valence-electron chi connectivity index (χ2n) is 8.30. The van der Waals surface area contributed by atoms with E-state index in [0.29, 0.717) is 51.1 Å². The number of hydrogen-bond donors (Lipinski definition) is 2. The molecule has 1 fully saturated rings. The highest BCUT2D eigenvalue weighted by atomic mass is 16.5. The highest BCUT2D eigenvalue weighted by Gasteiger charge is 2.17. The van der Waals surface area contributed by atoms with Crippen LogP contribution in [0.4, 0.5) is 11.6 Å². The summed E-state index contributed by atoms with van der Waals surface area (Å²) in [4.78, 5) is 23.3. The third-order valence-corrected chi connectivity index (χ3v) is 5.91. The van der Waals surface area contributed by atoms with Gasteiger partial charge in [0.2, 0.25) is 5.95 Å². The molecule has 5 rings (SSSR count). The highest BCUT2D eigenvalue weighted by Crippen LogP contribution is 2.24. The SMILES string of the molecule is Cc1[nH]c2ccc(NN=Cc3nc(OCCc4ccccn4)nc(N4CCOCC4)n3)cc2c1C. The minimum Gasteiger partial charge on any atom is -0.463 e. The van der Waals surface area contributed by atoms with E-state index < -0.39 is 0 Å². The van der Waals surface area contributed by atoms with Crippen LogP contribution >= 0.6 is 0 Å². The fourth-order valence-electron chi connectivity index (χ4n) is 3.88. The molecule has 0 aliphatic carbocycles. The Kier molecular flexibility index (Phi) is 6.80. The summed E-state index contributed by atoms with van der Waals surface area (Å²) in [6.07, 6.45) is 4.01. The fourth-order valence-corrected chi connectivity index (χ4v) is 3.88. The number of nitrogens with one attached hydrogen (secondary N) is 2. The number of nitrogens with zero attached hydrogens (tertiary/aromatic N) is 6. The van der Waals surface area contributed by atoms with Crippen molar-refractivity contribution in [3.63, 3.8) is 0 Å². The lowest BCUT2D eigenvalue weighted by molar-refractivity contribution is 0.122. The Morgan fingerprint density at radius 2 is 2.03 bits per heavy atom. The van der Waals surface area contributed by atoms with Gasteiger partial charge in [0.05, 0.1) is 31.7 Å². The van der Waals surface area contributed by atoms with Crippen molar-refractivity contribution in [1.29, 1.82) is 0 Å². The molecule has 1 aromatic carbocycles. The molecule has 10 heteroatoms. The number of hydrogen-bond acceptors (Lipinski definition) is 9. The Hall–Kier alpha value is -4.05. The molecule has 2 N–H and O–H groups in total. The third kappa shape index (κ3) is 5.55. The summed E-state index contributed by atoms with van der Waals surface area (Å²) in [5, 5.41) is 5.53. The first-order chi connectivity index (χ1) is 17.2. The number of aromatic amines is 1. The first-order valence-corrected chi connectivity index (χ1v) is 11.7. The van der Waals surface area contributed by atoms with Crippen molar-refractivity contribution in [3.05, 3.63) is 65.4 Å². The smallest absolute Gasteiger partial charge is 0.321 e. The first-order valence-electron chi connectivity index (χ1n) is 11.7. The van der Waals surface area contributed by atoms with E-state index in [9.17, 15) is 0 Å². The topological polar surface area (TPSA) is 113 Å². The van der Waals surface area contributed by atoms with Crippen molar-refractivity contribution >= 4 is 28.8 Å². The van der Waals surface area contributed by atoms with Crippen LogP contribution in [-0.2, 0) is 11.2 Å². The molecule has 0 unspecified atom stereocenters. The second-order valence-corrected chi connectivity index (χ2v) is 8.30. The van der Waals surface area contributed by atoms with Gasteiger partial charge < -0.3 is 19.4 Å². The number of aryl methyl sites for hydroxylation is 2. The van der Waals surface area contributed by atoms with Crippen LogP contribution in [-0.4, -0.2) is 64.0 Å². The maximum atomic E-state index is 5.86. The lowest BCUT2D eigenvalue weighted by Gasteiger charge is -2.26. The van der Waals surface area contributed by atoms with Crippen LogP contribution in [0.5, 0.6) is 6.01 Å². The molecule has 10 nitrogen and oxygen atoms in total. The van der Waals surface area contributed by atoms with E-state index in [1.807, 2.05) is 30.3 Å². The molecular formula is C25H28N8O2. The zero-order valence-electron chi connectivity index (χ0n) is 19.9. The van der Waals surface area contributed by atoms with Gasteiger partial charge in [-0.05, 0) is 49.7 Å². The van der Waals surface area contributed by atoms with E-state index in [1.165, 1.54) is 10.9 Å². The number of anilines is 2. The fraction of sp³-hybridized carbons (Fsp3) is 0.320. The number of fused-ring (bicyclic) bond motifs is 1. The van der Waals surface area contributed by atoms with Gasteiger partial charge in [-0.2, -0.15) is 20.1 Å². The molecule has 1 saturated heterocycles. The van der Waals surface area contributed by atoms with E-state index in [-0.39, 0.29) is 6.01 Å². The summed E-state index contributed by atoms with van der Waals surface area (Å²) in [7, 11) is 0. The molecule has 1 aliphatic heterocycles. The Balaban J connectivity index is 1.32. The van der Waals surface area contributed by atoms with E-state index in [4.69, 9.17) is 9.47 Å². The average Bonchev–Trinajstić information content (AvgIpc) is 3.18. The lowest BCUT2D eigenvalue weighted by Crippen LogP contribution is -2.37. The second kappa shape index (κ2) is 10.5.